The molecule has 0 aliphatic heterocycles. The third-order valence-corrected chi connectivity index (χ3v) is 3.32. The molecular weight excluding hydrogens is 208 g/mol. The fourth-order valence-corrected chi connectivity index (χ4v) is 2.11. The van der Waals surface area contributed by atoms with Crippen molar-refractivity contribution in [3.8, 4) is 0 Å². The Kier molecular flexibility index (Phi) is 2.27. The van der Waals surface area contributed by atoms with Gasteiger partial charge >= 0.3 is 0 Å². The van der Waals surface area contributed by atoms with Gasteiger partial charge in [0.25, 0.3) is 5.91 Å². The molecule has 2 rings (SSSR count). The molecule has 0 saturated heterocycles. The molecule has 2 atom stereocenters. The minimum atomic E-state index is -0.113. The number of amides is 1. The first-order chi connectivity index (χ1) is 6.18. The van der Waals surface area contributed by atoms with Crippen LogP contribution in [0.5, 0.6) is 0 Å². The minimum Gasteiger partial charge on any atom is -0.347 e. The summed E-state index contributed by atoms with van der Waals surface area (Å²) in [5, 5.41) is 5.12. The van der Waals surface area contributed by atoms with Crippen molar-refractivity contribution in [2.45, 2.75) is 18.5 Å². The van der Waals surface area contributed by atoms with Crippen LogP contribution in [0.1, 0.15) is 16.1 Å². The average molecular weight is 217 g/mol. The lowest BCUT2D eigenvalue weighted by Gasteiger charge is -2.00. The summed E-state index contributed by atoms with van der Waals surface area (Å²) in [5.74, 6) is -0.113. The summed E-state index contributed by atoms with van der Waals surface area (Å²) in [5.41, 5.74) is 5.56. The molecule has 0 radical (unpaired) electrons. The Hall–Kier alpha value is -0.580. The smallest absolute Gasteiger partial charge is 0.263 e. The standard InChI is InChI=1S/C8H9ClN2OS/c9-4-1-2-13-7(4)8(12)11-6-3-5(6)10/h1-2,5-6H,3,10H2,(H,11,12). The maximum Gasteiger partial charge on any atom is 0.263 e. The van der Waals surface area contributed by atoms with Gasteiger partial charge in [-0.3, -0.25) is 4.79 Å². The first-order valence-electron chi connectivity index (χ1n) is 3.98. The highest BCUT2D eigenvalue weighted by molar-refractivity contribution is 7.12. The Morgan fingerprint density at radius 2 is 2.46 bits per heavy atom. The lowest BCUT2D eigenvalue weighted by molar-refractivity contribution is 0.0954. The number of carbonyl (C=O) groups is 1. The molecule has 3 N–H and O–H groups in total. The zero-order valence-corrected chi connectivity index (χ0v) is 8.36. The van der Waals surface area contributed by atoms with E-state index in [0.29, 0.717) is 9.90 Å². The number of rotatable bonds is 2. The van der Waals surface area contributed by atoms with Gasteiger partial charge in [-0.25, -0.2) is 0 Å². The van der Waals surface area contributed by atoms with Crippen molar-refractivity contribution in [1.29, 1.82) is 0 Å². The van der Waals surface area contributed by atoms with E-state index in [2.05, 4.69) is 5.32 Å². The number of hydrogen-bond donors (Lipinski definition) is 2. The zero-order valence-electron chi connectivity index (χ0n) is 6.79. The lowest BCUT2D eigenvalue weighted by atomic mass is 10.4. The van der Waals surface area contributed by atoms with Crippen LogP contribution in [0.25, 0.3) is 0 Å². The average Bonchev–Trinajstić information content (AvgIpc) is 2.62. The van der Waals surface area contributed by atoms with Gasteiger partial charge in [-0.2, -0.15) is 0 Å². The molecule has 2 unspecified atom stereocenters. The molecule has 1 aromatic rings. The fraction of sp³-hybridized carbons (Fsp3) is 0.375. The highest BCUT2D eigenvalue weighted by atomic mass is 35.5. The molecule has 1 amide bonds. The topological polar surface area (TPSA) is 55.1 Å². The van der Waals surface area contributed by atoms with E-state index in [4.69, 9.17) is 17.3 Å². The third kappa shape index (κ3) is 1.85. The van der Waals surface area contributed by atoms with Gasteiger partial charge in [0.05, 0.1) is 5.02 Å². The van der Waals surface area contributed by atoms with Gasteiger partial charge in [0.2, 0.25) is 0 Å². The molecule has 1 aliphatic carbocycles. The maximum atomic E-state index is 11.5. The summed E-state index contributed by atoms with van der Waals surface area (Å²) in [6.45, 7) is 0. The van der Waals surface area contributed by atoms with Crippen LogP contribution in [-0.2, 0) is 0 Å². The highest BCUT2D eigenvalue weighted by Crippen LogP contribution is 2.24. The van der Waals surface area contributed by atoms with Gasteiger partial charge in [0.1, 0.15) is 4.88 Å². The van der Waals surface area contributed by atoms with E-state index in [9.17, 15) is 4.79 Å². The van der Waals surface area contributed by atoms with E-state index in [-0.39, 0.29) is 18.0 Å². The van der Waals surface area contributed by atoms with Crippen LogP contribution < -0.4 is 11.1 Å². The number of nitrogens with two attached hydrogens (primary N) is 1. The Bertz CT molecular complexity index is 339. The maximum absolute atomic E-state index is 11.5. The molecule has 1 saturated carbocycles. The van der Waals surface area contributed by atoms with Gasteiger partial charge in [-0.05, 0) is 17.9 Å². The Labute approximate surface area is 84.9 Å². The molecule has 0 bridgehead atoms. The van der Waals surface area contributed by atoms with Gasteiger partial charge in [-0.1, -0.05) is 11.6 Å². The second kappa shape index (κ2) is 3.29. The van der Waals surface area contributed by atoms with Crippen LogP contribution in [0.4, 0.5) is 0 Å². The summed E-state index contributed by atoms with van der Waals surface area (Å²) in [7, 11) is 0. The molecule has 3 nitrogen and oxygen atoms in total. The van der Waals surface area contributed by atoms with Crippen molar-refractivity contribution in [3.05, 3.63) is 21.3 Å². The molecule has 0 spiro atoms. The van der Waals surface area contributed by atoms with Crippen LogP contribution >= 0.6 is 22.9 Å². The third-order valence-electron chi connectivity index (χ3n) is 1.98. The molecule has 1 fully saturated rings. The zero-order chi connectivity index (χ0) is 9.42. The van der Waals surface area contributed by atoms with E-state index in [1.54, 1.807) is 11.4 Å². The minimum absolute atomic E-state index is 0.113. The number of hydrogen-bond acceptors (Lipinski definition) is 3. The summed E-state index contributed by atoms with van der Waals surface area (Å²) in [6.07, 6.45) is 0.870. The quantitative estimate of drug-likeness (QED) is 0.782. The van der Waals surface area contributed by atoms with Crippen molar-refractivity contribution in [1.82, 2.24) is 5.32 Å². The molecule has 0 aromatic carbocycles. The second-order valence-corrected chi connectivity index (χ2v) is 4.40. The molecule has 1 aliphatic rings. The van der Waals surface area contributed by atoms with Gasteiger partial charge in [0.15, 0.2) is 0 Å². The lowest BCUT2D eigenvalue weighted by Crippen LogP contribution is -2.29. The van der Waals surface area contributed by atoms with Crippen molar-refractivity contribution in [2.75, 3.05) is 0 Å². The largest absolute Gasteiger partial charge is 0.347 e. The molecular formula is C8H9ClN2OS. The van der Waals surface area contributed by atoms with Crippen LogP contribution in [0.2, 0.25) is 5.02 Å². The Morgan fingerprint density at radius 1 is 1.77 bits per heavy atom. The summed E-state index contributed by atoms with van der Waals surface area (Å²) < 4.78 is 0. The van der Waals surface area contributed by atoms with Crippen molar-refractivity contribution < 1.29 is 4.79 Å². The molecule has 1 heterocycles. The van der Waals surface area contributed by atoms with E-state index in [1.807, 2.05) is 0 Å². The summed E-state index contributed by atoms with van der Waals surface area (Å²) in [4.78, 5) is 12.1. The molecule has 13 heavy (non-hydrogen) atoms. The van der Waals surface area contributed by atoms with Crippen molar-refractivity contribution in [2.24, 2.45) is 5.73 Å². The fourth-order valence-electron chi connectivity index (χ4n) is 1.07. The Balaban J connectivity index is 2.01. The van der Waals surface area contributed by atoms with Crippen molar-refractivity contribution >= 4 is 28.8 Å². The summed E-state index contributed by atoms with van der Waals surface area (Å²) in [6, 6.07) is 1.99. The van der Waals surface area contributed by atoms with Gasteiger partial charge in [-0.15, -0.1) is 11.3 Å². The second-order valence-electron chi connectivity index (χ2n) is 3.08. The number of nitrogens with one attached hydrogen (secondary N) is 1. The van der Waals surface area contributed by atoms with Crippen LogP contribution in [0.15, 0.2) is 11.4 Å². The van der Waals surface area contributed by atoms with Gasteiger partial charge in [0, 0.05) is 12.1 Å². The normalized spacial score (nSPS) is 25.7. The number of thiophene rings is 1. The van der Waals surface area contributed by atoms with Crippen LogP contribution in [0, 0.1) is 0 Å². The monoisotopic (exact) mass is 216 g/mol. The predicted molar refractivity (Wildman–Crippen MR) is 53.2 cm³/mol. The van der Waals surface area contributed by atoms with Crippen molar-refractivity contribution in [3.63, 3.8) is 0 Å². The first kappa shape index (κ1) is 8.99. The van der Waals surface area contributed by atoms with Crippen LogP contribution in [0.3, 0.4) is 0 Å². The summed E-state index contributed by atoms with van der Waals surface area (Å²) >= 11 is 7.14. The van der Waals surface area contributed by atoms with E-state index in [1.165, 1.54) is 11.3 Å². The van der Waals surface area contributed by atoms with E-state index >= 15 is 0 Å². The Morgan fingerprint density at radius 3 is 2.92 bits per heavy atom. The highest BCUT2D eigenvalue weighted by Gasteiger charge is 2.35. The number of halogens is 1. The van der Waals surface area contributed by atoms with Crippen LogP contribution in [-0.4, -0.2) is 18.0 Å². The van der Waals surface area contributed by atoms with E-state index in [0.717, 1.165) is 6.42 Å². The van der Waals surface area contributed by atoms with E-state index < -0.39 is 0 Å². The van der Waals surface area contributed by atoms with Gasteiger partial charge < -0.3 is 11.1 Å². The predicted octanol–water partition coefficient (Wildman–Crippen LogP) is 1.23. The molecule has 1 aromatic heterocycles. The number of carbonyl (C=O) groups excluding carboxylic acids is 1. The SMILES string of the molecule is NC1CC1NC(=O)c1sccc1Cl. The molecule has 5 heteroatoms. The molecule has 70 valence electrons. The first-order valence-corrected chi connectivity index (χ1v) is 5.23.